The van der Waals surface area contributed by atoms with Gasteiger partial charge in [-0.2, -0.15) is 0 Å². The molecule has 50 valence electrons. The van der Waals surface area contributed by atoms with Crippen LogP contribution in [0.5, 0.6) is 0 Å². The van der Waals surface area contributed by atoms with Crippen LogP contribution in [0, 0.1) is 0 Å². The molecule has 0 radical (unpaired) electrons. The van der Waals surface area contributed by atoms with Crippen molar-refractivity contribution in [2.45, 2.75) is 5.33 Å². The number of nitrogens with zero attached hydrogens (tertiary/aromatic N) is 1. The molecule has 0 spiro atoms. The highest BCUT2D eigenvalue weighted by Crippen LogP contribution is 2.28. The topological polar surface area (TPSA) is 12.4 Å². The van der Waals surface area contributed by atoms with Gasteiger partial charge in [0, 0.05) is 17.1 Å². The fourth-order valence-corrected chi connectivity index (χ4v) is 1.53. The van der Waals surface area contributed by atoms with Crippen LogP contribution < -0.4 is 0 Å². The predicted molar refractivity (Wildman–Crippen MR) is 46.3 cm³/mol. The SMILES string of the molecule is BrCc1cccc2c1C=N2. The van der Waals surface area contributed by atoms with Crippen LogP contribution in [0.15, 0.2) is 23.2 Å². The van der Waals surface area contributed by atoms with Crippen molar-refractivity contribution >= 4 is 27.8 Å². The van der Waals surface area contributed by atoms with Gasteiger partial charge in [0.1, 0.15) is 0 Å². The number of benzene rings is 1. The normalized spacial score (nSPS) is 12.5. The van der Waals surface area contributed by atoms with Crippen molar-refractivity contribution in [1.82, 2.24) is 0 Å². The van der Waals surface area contributed by atoms with Crippen molar-refractivity contribution in [3.05, 3.63) is 29.3 Å². The van der Waals surface area contributed by atoms with Crippen LogP contribution in [0.3, 0.4) is 0 Å². The zero-order chi connectivity index (χ0) is 6.97. The number of fused-ring (bicyclic) bond motifs is 1. The summed E-state index contributed by atoms with van der Waals surface area (Å²) in [6, 6.07) is 6.17. The molecule has 0 N–H and O–H groups in total. The van der Waals surface area contributed by atoms with Crippen LogP contribution in [-0.2, 0) is 5.33 Å². The molecule has 2 rings (SSSR count). The maximum atomic E-state index is 4.10. The highest BCUT2D eigenvalue weighted by molar-refractivity contribution is 9.08. The van der Waals surface area contributed by atoms with E-state index in [0.717, 1.165) is 11.0 Å². The summed E-state index contributed by atoms with van der Waals surface area (Å²) in [5.41, 5.74) is 3.74. The Labute approximate surface area is 67.9 Å². The Morgan fingerprint density at radius 3 is 2.80 bits per heavy atom. The zero-order valence-corrected chi connectivity index (χ0v) is 6.93. The average Bonchev–Trinajstić information content (AvgIpc) is 1.91. The summed E-state index contributed by atoms with van der Waals surface area (Å²) in [6.07, 6.45) is 1.91. The smallest absolute Gasteiger partial charge is 0.0720 e. The Hall–Kier alpha value is -0.630. The Morgan fingerprint density at radius 1 is 1.40 bits per heavy atom. The van der Waals surface area contributed by atoms with Gasteiger partial charge in [-0.05, 0) is 11.6 Å². The minimum Gasteiger partial charge on any atom is -0.255 e. The van der Waals surface area contributed by atoms with Gasteiger partial charge in [0.15, 0.2) is 0 Å². The standard InChI is InChI=1S/C8H6BrN/c9-4-6-2-1-3-8-7(6)5-10-8/h1-3,5H,4H2. The molecule has 0 unspecified atom stereocenters. The molecule has 0 fully saturated rings. The minimum absolute atomic E-state index is 0.919. The summed E-state index contributed by atoms with van der Waals surface area (Å²) in [5, 5.41) is 0.919. The fourth-order valence-electron chi connectivity index (χ4n) is 1.05. The second kappa shape index (κ2) is 2.20. The highest BCUT2D eigenvalue weighted by atomic mass is 79.9. The zero-order valence-electron chi connectivity index (χ0n) is 5.34. The molecule has 0 saturated heterocycles. The van der Waals surface area contributed by atoms with Gasteiger partial charge in [-0.1, -0.05) is 28.1 Å². The van der Waals surface area contributed by atoms with E-state index in [9.17, 15) is 0 Å². The van der Waals surface area contributed by atoms with E-state index in [0.29, 0.717) is 0 Å². The third-order valence-electron chi connectivity index (χ3n) is 1.65. The first-order valence-electron chi connectivity index (χ1n) is 3.14. The van der Waals surface area contributed by atoms with Gasteiger partial charge in [-0.25, -0.2) is 0 Å². The molecule has 1 aliphatic rings. The van der Waals surface area contributed by atoms with E-state index < -0.39 is 0 Å². The maximum absolute atomic E-state index is 4.10. The number of alkyl halides is 1. The molecule has 0 amide bonds. The summed E-state index contributed by atoms with van der Waals surface area (Å²) < 4.78 is 0. The molecule has 0 bridgehead atoms. The van der Waals surface area contributed by atoms with Crippen LogP contribution in [0.2, 0.25) is 0 Å². The second-order valence-electron chi connectivity index (χ2n) is 2.24. The molecule has 10 heavy (non-hydrogen) atoms. The third-order valence-corrected chi connectivity index (χ3v) is 2.25. The van der Waals surface area contributed by atoms with Crippen molar-refractivity contribution in [3.63, 3.8) is 0 Å². The summed E-state index contributed by atoms with van der Waals surface area (Å²) in [7, 11) is 0. The third kappa shape index (κ3) is 0.721. The molecule has 0 atom stereocenters. The van der Waals surface area contributed by atoms with E-state index in [1.54, 1.807) is 0 Å². The fraction of sp³-hybridized carbons (Fsp3) is 0.125. The minimum atomic E-state index is 0.919. The number of halogens is 1. The first-order chi connectivity index (χ1) is 4.92. The largest absolute Gasteiger partial charge is 0.255 e. The lowest BCUT2D eigenvalue weighted by Crippen LogP contribution is -1.96. The van der Waals surface area contributed by atoms with Gasteiger partial charge in [0.2, 0.25) is 0 Å². The summed E-state index contributed by atoms with van der Waals surface area (Å²) in [5.74, 6) is 0. The number of aliphatic imine (C=N–C) groups is 1. The van der Waals surface area contributed by atoms with E-state index in [4.69, 9.17) is 0 Å². The van der Waals surface area contributed by atoms with Gasteiger partial charge < -0.3 is 0 Å². The first-order valence-corrected chi connectivity index (χ1v) is 4.26. The molecule has 2 heteroatoms. The predicted octanol–water partition coefficient (Wildman–Crippen LogP) is 2.65. The molecular weight excluding hydrogens is 190 g/mol. The molecule has 1 aliphatic heterocycles. The van der Waals surface area contributed by atoms with Crippen LogP contribution in [-0.4, -0.2) is 6.21 Å². The van der Waals surface area contributed by atoms with Crippen molar-refractivity contribution in [3.8, 4) is 0 Å². The van der Waals surface area contributed by atoms with Crippen LogP contribution >= 0.6 is 15.9 Å². The van der Waals surface area contributed by atoms with Gasteiger partial charge in [0.25, 0.3) is 0 Å². The van der Waals surface area contributed by atoms with E-state index in [1.165, 1.54) is 11.1 Å². The first kappa shape index (κ1) is 6.10. The molecule has 1 nitrogen and oxygen atoms in total. The monoisotopic (exact) mass is 195 g/mol. The molecular formula is C8H6BrN. The van der Waals surface area contributed by atoms with Crippen LogP contribution in [0.4, 0.5) is 5.69 Å². The lowest BCUT2D eigenvalue weighted by molar-refractivity contribution is 1.34. The summed E-state index contributed by atoms with van der Waals surface area (Å²) in [6.45, 7) is 0. The summed E-state index contributed by atoms with van der Waals surface area (Å²) in [4.78, 5) is 4.10. The van der Waals surface area contributed by atoms with E-state index in [-0.39, 0.29) is 0 Å². The quantitative estimate of drug-likeness (QED) is 0.621. The van der Waals surface area contributed by atoms with E-state index in [2.05, 4.69) is 27.0 Å². The molecule has 0 aliphatic carbocycles. The molecule has 1 aromatic rings. The highest BCUT2D eigenvalue weighted by Gasteiger charge is 2.09. The molecule has 1 heterocycles. The van der Waals surface area contributed by atoms with Crippen molar-refractivity contribution in [2.24, 2.45) is 4.99 Å². The Bertz CT molecular complexity index is 291. The number of rotatable bonds is 1. The molecule has 0 aromatic heterocycles. The Balaban J connectivity index is 2.55. The van der Waals surface area contributed by atoms with E-state index in [1.807, 2.05) is 18.3 Å². The van der Waals surface area contributed by atoms with Crippen molar-refractivity contribution in [1.29, 1.82) is 0 Å². The summed E-state index contributed by atoms with van der Waals surface area (Å²) >= 11 is 3.41. The average molecular weight is 196 g/mol. The Morgan fingerprint density at radius 2 is 2.30 bits per heavy atom. The van der Waals surface area contributed by atoms with Crippen LogP contribution in [0.25, 0.3) is 0 Å². The number of hydrogen-bond acceptors (Lipinski definition) is 1. The number of hydrogen-bond donors (Lipinski definition) is 0. The lowest BCUT2D eigenvalue weighted by atomic mass is 10.0. The van der Waals surface area contributed by atoms with Crippen molar-refractivity contribution in [2.75, 3.05) is 0 Å². The molecule has 1 aromatic carbocycles. The van der Waals surface area contributed by atoms with Crippen molar-refractivity contribution < 1.29 is 0 Å². The van der Waals surface area contributed by atoms with Gasteiger partial charge in [0.05, 0.1) is 5.69 Å². The maximum Gasteiger partial charge on any atom is 0.0720 e. The molecule has 0 saturated carbocycles. The van der Waals surface area contributed by atoms with Gasteiger partial charge >= 0.3 is 0 Å². The lowest BCUT2D eigenvalue weighted by Gasteiger charge is -2.11. The van der Waals surface area contributed by atoms with Gasteiger partial charge in [-0.15, -0.1) is 0 Å². The van der Waals surface area contributed by atoms with Gasteiger partial charge in [-0.3, -0.25) is 4.99 Å². The Kier molecular flexibility index (Phi) is 1.34. The van der Waals surface area contributed by atoms with Crippen LogP contribution in [0.1, 0.15) is 11.1 Å². The second-order valence-corrected chi connectivity index (χ2v) is 2.80. The van der Waals surface area contributed by atoms with E-state index >= 15 is 0 Å².